The summed E-state index contributed by atoms with van der Waals surface area (Å²) < 4.78 is 10.8. The van der Waals surface area contributed by atoms with Gasteiger partial charge in [0.05, 0.1) is 36.1 Å². The minimum absolute atomic E-state index is 0.278. The summed E-state index contributed by atoms with van der Waals surface area (Å²) in [4.78, 5) is 6.68. The molecule has 3 rings (SSSR count). The van der Waals surface area contributed by atoms with Gasteiger partial charge in [-0.25, -0.2) is 0 Å². The summed E-state index contributed by atoms with van der Waals surface area (Å²) in [7, 11) is 1.68. The number of piperidine rings is 1. The molecule has 1 aliphatic rings. The second-order valence-corrected chi connectivity index (χ2v) is 5.70. The number of anilines is 1. The van der Waals surface area contributed by atoms with Crippen LogP contribution in [0.25, 0.3) is 10.9 Å². The van der Waals surface area contributed by atoms with Crippen LogP contribution in [0.15, 0.2) is 30.5 Å². The van der Waals surface area contributed by atoms with Gasteiger partial charge in [0.25, 0.3) is 0 Å². The van der Waals surface area contributed by atoms with E-state index < -0.39 is 0 Å². The van der Waals surface area contributed by atoms with Gasteiger partial charge in [-0.2, -0.15) is 5.26 Å². The Kier molecular flexibility index (Phi) is 5.06. The van der Waals surface area contributed by atoms with E-state index in [1.54, 1.807) is 13.3 Å². The first-order valence-electron chi connectivity index (χ1n) is 7.97. The van der Waals surface area contributed by atoms with Gasteiger partial charge < -0.3 is 14.4 Å². The molecule has 0 radical (unpaired) electrons. The molecule has 0 aliphatic carbocycles. The van der Waals surface area contributed by atoms with Crippen LogP contribution in [0.5, 0.6) is 0 Å². The first kappa shape index (κ1) is 15.7. The van der Waals surface area contributed by atoms with E-state index >= 15 is 0 Å². The van der Waals surface area contributed by atoms with E-state index in [4.69, 9.17) is 9.47 Å². The van der Waals surface area contributed by atoms with Crippen molar-refractivity contribution in [3.8, 4) is 6.07 Å². The van der Waals surface area contributed by atoms with Crippen molar-refractivity contribution in [2.24, 2.45) is 0 Å². The summed E-state index contributed by atoms with van der Waals surface area (Å²) in [5.74, 6) is 0. The lowest BCUT2D eigenvalue weighted by atomic mass is 10.0. The summed E-state index contributed by atoms with van der Waals surface area (Å²) in [5.41, 5.74) is 2.58. The number of ether oxygens (including phenoxy) is 2. The third-order valence-corrected chi connectivity index (χ3v) is 4.27. The maximum Gasteiger partial charge on any atom is 0.103 e. The summed E-state index contributed by atoms with van der Waals surface area (Å²) in [6.45, 7) is 3.05. The van der Waals surface area contributed by atoms with E-state index in [9.17, 15) is 5.26 Å². The Morgan fingerprint density at radius 2 is 2.04 bits per heavy atom. The third kappa shape index (κ3) is 3.44. The number of nitriles is 1. The average molecular weight is 311 g/mol. The zero-order chi connectivity index (χ0) is 16.1. The Hall–Kier alpha value is -2.16. The molecule has 0 atom stereocenters. The third-order valence-electron chi connectivity index (χ3n) is 4.27. The SMILES string of the molecule is COCCOC1CCN(c2c(C#N)cnc3ccccc23)CC1. The molecule has 5 heteroatoms. The van der Waals surface area contributed by atoms with Gasteiger partial charge in [0.2, 0.25) is 0 Å². The second kappa shape index (κ2) is 7.40. The number of hydrogen-bond donors (Lipinski definition) is 0. The zero-order valence-corrected chi connectivity index (χ0v) is 13.4. The van der Waals surface area contributed by atoms with Crippen LogP contribution in [0.2, 0.25) is 0 Å². The highest BCUT2D eigenvalue weighted by atomic mass is 16.5. The van der Waals surface area contributed by atoms with Crippen LogP contribution in [0.4, 0.5) is 5.69 Å². The van der Waals surface area contributed by atoms with Crippen molar-refractivity contribution in [3.63, 3.8) is 0 Å². The van der Waals surface area contributed by atoms with Gasteiger partial charge in [0.15, 0.2) is 0 Å². The smallest absolute Gasteiger partial charge is 0.103 e. The lowest BCUT2D eigenvalue weighted by Crippen LogP contribution is -2.38. The molecule has 0 spiro atoms. The molecule has 1 saturated heterocycles. The molecule has 0 bridgehead atoms. The molecular weight excluding hydrogens is 290 g/mol. The van der Waals surface area contributed by atoms with Gasteiger partial charge in [0.1, 0.15) is 6.07 Å². The first-order chi connectivity index (χ1) is 11.3. The van der Waals surface area contributed by atoms with Crippen molar-refractivity contribution in [1.82, 2.24) is 4.98 Å². The highest BCUT2D eigenvalue weighted by Crippen LogP contribution is 2.31. The average Bonchev–Trinajstić information content (AvgIpc) is 2.61. The van der Waals surface area contributed by atoms with Gasteiger partial charge in [-0.1, -0.05) is 18.2 Å². The lowest BCUT2D eigenvalue weighted by Gasteiger charge is -2.34. The Morgan fingerprint density at radius 3 is 2.78 bits per heavy atom. The van der Waals surface area contributed by atoms with Gasteiger partial charge in [-0.05, 0) is 18.9 Å². The lowest BCUT2D eigenvalue weighted by molar-refractivity contribution is 0.00612. The van der Waals surface area contributed by atoms with Gasteiger partial charge in [-0.15, -0.1) is 0 Å². The fourth-order valence-electron chi connectivity index (χ4n) is 3.09. The van der Waals surface area contributed by atoms with Crippen molar-refractivity contribution in [1.29, 1.82) is 5.26 Å². The molecule has 120 valence electrons. The number of hydrogen-bond acceptors (Lipinski definition) is 5. The maximum atomic E-state index is 9.45. The van der Waals surface area contributed by atoms with E-state index in [0.29, 0.717) is 18.8 Å². The molecule has 1 fully saturated rings. The molecular formula is C18H21N3O2. The molecule has 1 aromatic heterocycles. The summed E-state index contributed by atoms with van der Waals surface area (Å²) in [6.07, 6.45) is 3.88. The van der Waals surface area contributed by atoms with Crippen molar-refractivity contribution in [2.75, 3.05) is 38.3 Å². The number of rotatable bonds is 5. The molecule has 2 heterocycles. The summed E-state index contributed by atoms with van der Waals surface area (Å²) in [5, 5.41) is 10.5. The van der Waals surface area contributed by atoms with E-state index in [2.05, 4.69) is 16.0 Å². The molecule has 0 saturated carbocycles. The van der Waals surface area contributed by atoms with E-state index in [1.165, 1.54) is 0 Å². The highest BCUT2D eigenvalue weighted by molar-refractivity contribution is 5.94. The Bertz CT molecular complexity index is 703. The van der Waals surface area contributed by atoms with Crippen LogP contribution >= 0.6 is 0 Å². The van der Waals surface area contributed by atoms with Crippen LogP contribution in [-0.2, 0) is 9.47 Å². The predicted octanol–water partition coefficient (Wildman–Crippen LogP) is 2.74. The second-order valence-electron chi connectivity index (χ2n) is 5.70. The monoisotopic (exact) mass is 311 g/mol. The molecule has 0 amide bonds. The number of para-hydroxylation sites is 1. The zero-order valence-electron chi connectivity index (χ0n) is 13.4. The highest BCUT2D eigenvalue weighted by Gasteiger charge is 2.23. The molecule has 0 unspecified atom stereocenters. The molecule has 23 heavy (non-hydrogen) atoms. The molecule has 2 aromatic rings. The summed E-state index contributed by atoms with van der Waals surface area (Å²) in [6, 6.07) is 10.3. The Labute approximate surface area is 136 Å². The van der Waals surface area contributed by atoms with E-state index in [1.807, 2.05) is 24.3 Å². The van der Waals surface area contributed by atoms with Crippen molar-refractivity contribution in [3.05, 3.63) is 36.0 Å². The number of pyridine rings is 1. The number of nitrogens with zero attached hydrogens (tertiary/aromatic N) is 3. The normalized spacial score (nSPS) is 15.7. The quantitative estimate of drug-likeness (QED) is 0.795. The van der Waals surface area contributed by atoms with E-state index in [-0.39, 0.29) is 6.10 Å². The minimum atomic E-state index is 0.278. The van der Waals surface area contributed by atoms with Crippen molar-refractivity contribution >= 4 is 16.6 Å². The topological polar surface area (TPSA) is 58.4 Å². The fraction of sp³-hybridized carbons (Fsp3) is 0.444. The van der Waals surface area contributed by atoms with Crippen LogP contribution < -0.4 is 4.90 Å². The van der Waals surface area contributed by atoms with Crippen LogP contribution in [0.3, 0.4) is 0 Å². The number of fused-ring (bicyclic) bond motifs is 1. The van der Waals surface area contributed by atoms with Gasteiger partial charge in [-0.3, -0.25) is 4.98 Å². The Balaban J connectivity index is 1.78. The number of aromatic nitrogens is 1. The summed E-state index contributed by atoms with van der Waals surface area (Å²) >= 11 is 0. The maximum absolute atomic E-state index is 9.45. The van der Waals surface area contributed by atoms with Crippen LogP contribution in [0.1, 0.15) is 18.4 Å². The standard InChI is InChI=1S/C18H21N3O2/c1-22-10-11-23-15-6-8-21(9-7-15)18-14(12-19)13-20-17-5-3-2-4-16(17)18/h2-5,13,15H,6-11H2,1H3. The predicted molar refractivity (Wildman–Crippen MR) is 89.5 cm³/mol. The number of methoxy groups -OCH3 is 1. The van der Waals surface area contributed by atoms with E-state index in [0.717, 1.165) is 42.5 Å². The largest absolute Gasteiger partial charge is 0.382 e. The van der Waals surface area contributed by atoms with Crippen molar-refractivity contribution in [2.45, 2.75) is 18.9 Å². The molecule has 1 aromatic carbocycles. The molecule has 0 N–H and O–H groups in total. The minimum Gasteiger partial charge on any atom is -0.382 e. The Morgan fingerprint density at radius 1 is 1.26 bits per heavy atom. The molecule has 1 aliphatic heterocycles. The van der Waals surface area contributed by atoms with Crippen LogP contribution in [0, 0.1) is 11.3 Å². The number of benzene rings is 1. The molecule has 5 nitrogen and oxygen atoms in total. The fourth-order valence-corrected chi connectivity index (χ4v) is 3.09. The first-order valence-corrected chi connectivity index (χ1v) is 7.97. The van der Waals surface area contributed by atoms with Gasteiger partial charge >= 0.3 is 0 Å². The van der Waals surface area contributed by atoms with Gasteiger partial charge in [0, 0.05) is 31.8 Å². The van der Waals surface area contributed by atoms with Crippen LogP contribution in [-0.4, -0.2) is 44.5 Å². The van der Waals surface area contributed by atoms with Crippen molar-refractivity contribution < 1.29 is 9.47 Å².